The minimum absolute atomic E-state index is 0.763. The zero-order chi connectivity index (χ0) is 14.4. The lowest BCUT2D eigenvalue weighted by atomic mass is 10.2. The number of nitrogens with one attached hydrogen (secondary N) is 1. The summed E-state index contributed by atoms with van der Waals surface area (Å²) in [5.74, 6) is 0.918. The second-order valence-corrected chi connectivity index (χ2v) is 5.65. The molecule has 0 radical (unpaired) electrons. The summed E-state index contributed by atoms with van der Waals surface area (Å²) < 4.78 is 8.29. The Morgan fingerprint density at radius 3 is 2.75 bits per heavy atom. The van der Waals surface area contributed by atoms with E-state index in [1.165, 1.54) is 5.56 Å². The maximum atomic E-state index is 5.05. The van der Waals surface area contributed by atoms with E-state index in [0.29, 0.717) is 0 Å². The summed E-state index contributed by atoms with van der Waals surface area (Å²) >= 11 is 3.46. The van der Waals surface area contributed by atoms with E-state index >= 15 is 0 Å². The summed E-state index contributed by atoms with van der Waals surface area (Å²) in [5.41, 5.74) is 2.28. The second kappa shape index (κ2) is 7.45. The minimum Gasteiger partial charge on any atom is -0.385 e. The van der Waals surface area contributed by atoms with Crippen LogP contribution in [0, 0.1) is 6.92 Å². The number of hydrogen-bond acceptors (Lipinski definition) is 3. The largest absolute Gasteiger partial charge is 0.385 e. The smallest absolute Gasteiger partial charge is 0.203 e. The first-order valence-corrected chi connectivity index (χ1v) is 7.49. The molecule has 20 heavy (non-hydrogen) atoms. The van der Waals surface area contributed by atoms with E-state index in [4.69, 9.17) is 4.74 Å². The number of aryl methyl sites for hydroxylation is 1. The molecule has 0 unspecified atom stereocenters. The van der Waals surface area contributed by atoms with Crippen molar-refractivity contribution >= 4 is 21.9 Å². The van der Waals surface area contributed by atoms with Crippen LogP contribution in [0.4, 0.5) is 5.95 Å². The molecule has 2 aromatic rings. The predicted molar refractivity (Wildman–Crippen MR) is 85.2 cm³/mol. The Balaban J connectivity index is 2.01. The number of imidazole rings is 1. The molecule has 0 amide bonds. The maximum absolute atomic E-state index is 5.05. The van der Waals surface area contributed by atoms with Crippen LogP contribution in [0.3, 0.4) is 0 Å². The van der Waals surface area contributed by atoms with Gasteiger partial charge in [0.15, 0.2) is 0 Å². The minimum atomic E-state index is 0.763. The number of halogens is 1. The molecule has 0 fully saturated rings. The van der Waals surface area contributed by atoms with Gasteiger partial charge in [0.25, 0.3) is 0 Å². The highest BCUT2D eigenvalue weighted by molar-refractivity contribution is 9.10. The van der Waals surface area contributed by atoms with Crippen molar-refractivity contribution in [1.82, 2.24) is 9.55 Å². The first-order valence-electron chi connectivity index (χ1n) is 6.70. The lowest BCUT2D eigenvalue weighted by Crippen LogP contribution is -2.10. The Kier molecular flexibility index (Phi) is 5.61. The van der Waals surface area contributed by atoms with Gasteiger partial charge < -0.3 is 14.6 Å². The topological polar surface area (TPSA) is 39.1 Å². The molecule has 0 aliphatic carbocycles. The summed E-state index contributed by atoms with van der Waals surface area (Å²) in [7, 11) is 1.72. The van der Waals surface area contributed by atoms with E-state index in [-0.39, 0.29) is 0 Å². The van der Waals surface area contributed by atoms with Gasteiger partial charge in [-0.1, -0.05) is 28.1 Å². The quantitative estimate of drug-likeness (QED) is 0.786. The van der Waals surface area contributed by atoms with Gasteiger partial charge >= 0.3 is 0 Å². The number of hydrogen-bond donors (Lipinski definition) is 1. The van der Waals surface area contributed by atoms with Gasteiger partial charge in [-0.2, -0.15) is 0 Å². The molecule has 0 saturated carbocycles. The molecule has 1 aromatic carbocycles. The fraction of sp³-hybridized carbons (Fsp3) is 0.400. The summed E-state index contributed by atoms with van der Waals surface area (Å²) in [4.78, 5) is 4.52. The molecule has 0 atom stereocenters. The molecule has 0 aliphatic rings. The molecule has 1 heterocycles. The van der Waals surface area contributed by atoms with E-state index in [0.717, 1.165) is 42.2 Å². The summed E-state index contributed by atoms with van der Waals surface area (Å²) in [6.07, 6.45) is 3.04. The molecule has 2 rings (SSSR count). The highest BCUT2D eigenvalue weighted by Crippen LogP contribution is 2.15. The summed E-state index contributed by atoms with van der Waals surface area (Å²) in [6, 6.07) is 8.36. The number of nitrogens with zero attached hydrogens (tertiary/aromatic N) is 2. The van der Waals surface area contributed by atoms with Gasteiger partial charge in [0, 0.05) is 30.9 Å². The molecular formula is C15H20BrN3O. The predicted octanol–water partition coefficient (Wildman–Crippen LogP) is 3.45. The highest BCUT2D eigenvalue weighted by Gasteiger charge is 2.05. The fourth-order valence-corrected chi connectivity index (χ4v) is 2.28. The fourth-order valence-electron chi connectivity index (χ4n) is 2.01. The third-order valence-corrected chi connectivity index (χ3v) is 3.50. The first kappa shape index (κ1) is 15.1. The lowest BCUT2D eigenvalue weighted by Gasteiger charge is -2.10. The van der Waals surface area contributed by atoms with Crippen LogP contribution in [0.2, 0.25) is 0 Å². The standard InChI is InChI=1S/C15H20BrN3O/c1-12-10-19(11-13-4-6-14(16)7-5-13)15(18-12)17-8-3-9-20-2/h4-7,10H,3,8-9,11H2,1-2H3,(H,17,18). The van der Waals surface area contributed by atoms with Crippen molar-refractivity contribution in [2.75, 3.05) is 25.6 Å². The molecule has 0 aliphatic heterocycles. The van der Waals surface area contributed by atoms with Crippen LogP contribution in [-0.4, -0.2) is 29.8 Å². The molecule has 4 nitrogen and oxygen atoms in total. The monoisotopic (exact) mass is 337 g/mol. The van der Waals surface area contributed by atoms with Gasteiger partial charge in [0.05, 0.1) is 12.2 Å². The molecular weight excluding hydrogens is 318 g/mol. The van der Waals surface area contributed by atoms with Gasteiger partial charge in [0.1, 0.15) is 0 Å². The third-order valence-electron chi connectivity index (χ3n) is 2.97. The number of ether oxygens (including phenoxy) is 1. The van der Waals surface area contributed by atoms with E-state index in [1.807, 2.05) is 6.92 Å². The molecule has 108 valence electrons. The van der Waals surface area contributed by atoms with Crippen LogP contribution in [0.5, 0.6) is 0 Å². The van der Waals surface area contributed by atoms with Crippen molar-refractivity contribution in [3.05, 3.63) is 46.2 Å². The average molecular weight is 338 g/mol. The van der Waals surface area contributed by atoms with Crippen LogP contribution in [0.1, 0.15) is 17.7 Å². The Bertz CT molecular complexity index is 537. The third kappa shape index (κ3) is 4.35. The van der Waals surface area contributed by atoms with Gasteiger partial charge in [-0.15, -0.1) is 0 Å². The zero-order valence-electron chi connectivity index (χ0n) is 11.9. The zero-order valence-corrected chi connectivity index (χ0v) is 13.5. The van der Waals surface area contributed by atoms with E-state index < -0.39 is 0 Å². The van der Waals surface area contributed by atoms with Crippen molar-refractivity contribution in [1.29, 1.82) is 0 Å². The number of methoxy groups -OCH3 is 1. The molecule has 0 spiro atoms. The Morgan fingerprint density at radius 1 is 1.30 bits per heavy atom. The van der Waals surface area contributed by atoms with E-state index in [9.17, 15) is 0 Å². The summed E-state index contributed by atoms with van der Waals surface area (Å²) in [6.45, 7) is 4.46. The number of aromatic nitrogens is 2. The Morgan fingerprint density at radius 2 is 2.05 bits per heavy atom. The van der Waals surface area contributed by atoms with Crippen molar-refractivity contribution in [2.24, 2.45) is 0 Å². The van der Waals surface area contributed by atoms with Crippen molar-refractivity contribution in [3.8, 4) is 0 Å². The molecule has 5 heteroatoms. The van der Waals surface area contributed by atoms with Crippen molar-refractivity contribution < 1.29 is 4.74 Å². The summed E-state index contributed by atoms with van der Waals surface area (Å²) in [5, 5.41) is 3.36. The van der Waals surface area contributed by atoms with Gasteiger partial charge in [-0.05, 0) is 31.0 Å². The Hall–Kier alpha value is -1.33. The Labute approximate surface area is 128 Å². The SMILES string of the molecule is COCCCNc1nc(C)cn1Cc1ccc(Br)cc1. The van der Waals surface area contributed by atoms with Gasteiger partial charge in [-0.3, -0.25) is 0 Å². The maximum Gasteiger partial charge on any atom is 0.203 e. The highest BCUT2D eigenvalue weighted by atomic mass is 79.9. The van der Waals surface area contributed by atoms with Crippen LogP contribution in [0.15, 0.2) is 34.9 Å². The molecule has 0 saturated heterocycles. The lowest BCUT2D eigenvalue weighted by molar-refractivity contribution is 0.197. The molecule has 0 bridgehead atoms. The first-order chi connectivity index (χ1) is 9.69. The van der Waals surface area contributed by atoms with Gasteiger partial charge in [-0.25, -0.2) is 4.98 Å². The normalized spacial score (nSPS) is 10.8. The van der Waals surface area contributed by atoms with Crippen LogP contribution in [0.25, 0.3) is 0 Å². The van der Waals surface area contributed by atoms with Crippen LogP contribution < -0.4 is 5.32 Å². The van der Waals surface area contributed by atoms with Gasteiger partial charge in [0.2, 0.25) is 5.95 Å². The van der Waals surface area contributed by atoms with Crippen molar-refractivity contribution in [2.45, 2.75) is 19.9 Å². The van der Waals surface area contributed by atoms with E-state index in [2.05, 4.69) is 61.3 Å². The molecule has 1 N–H and O–H groups in total. The number of anilines is 1. The van der Waals surface area contributed by atoms with Crippen LogP contribution in [-0.2, 0) is 11.3 Å². The van der Waals surface area contributed by atoms with E-state index in [1.54, 1.807) is 7.11 Å². The molecule has 1 aromatic heterocycles. The number of benzene rings is 1. The van der Waals surface area contributed by atoms with Crippen molar-refractivity contribution in [3.63, 3.8) is 0 Å². The second-order valence-electron chi connectivity index (χ2n) is 4.73. The number of rotatable bonds is 7. The average Bonchev–Trinajstić information content (AvgIpc) is 2.77. The van der Waals surface area contributed by atoms with Crippen LogP contribution >= 0.6 is 15.9 Å².